The van der Waals surface area contributed by atoms with Gasteiger partial charge in [-0.2, -0.15) is 13.2 Å². The first kappa shape index (κ1) is 15.0. The summed E-state index contributed by atoms with van der Waals surface area (Å²) in [5.74, 6) is 0. The Morgan fingerprint density at radius 1 is 1.19 bits per heavy atom. The van der Waals surface area contributed by atoms with Crippen LogP contribution in [0.4, 0.5) is 18.0 Å². The van der Waals surface area contributed by atoms with Crippen molar-refractivity contribution in [1.82, 2.24) is 15.1 Å². The Bertz CT molecular complexity index is 219. The van der Waals surface area contributed by atoms with Gasteiger partial charge in [0.2, 0.25) is 0 Å². The molecule has 0 aromatic carbocycles. The zero-order chi connectivity index (χ0) is 12.8. The van der Waals surface area contributed by atoms with Crippen LogP contribution in [0.3, 0.4) is 0 Å². The molecule has 0 saturated heterocycles. The van der Waals surface area contributed by atoms with Crippen LogP contribution < -0.4 is 5.32 Å². The lowest BCUT2D eigenvalue weighted by atomic mass is 10.4. The zero-order valence-corrected chi connectivity index (χ0v) is 9.76. The van der Waals surface area contributed by atoms with Crippen molar-refractivity contribution in [3.63, 3.8) is 0 Å². The highest BCUT2D eigenvalue weighted by atomic mass is 19.4. The first-order valence-electron chi connectivity index (χ1n) is 4.93. The van der Waals surface area contributed by atoms with E-state index in [2.05, 4.69) is 0 Å². The van der Waals surface area contributed by atoms with Crippen LogP contribution >= 0.6 is 0 Å². The highest BCUT2D eigenvalue weighted by molar-refractivity contribution is 5.73. The Labute approximate surface area is 93.4 Å². The maximum atomic E-state index is 11.8. The van der Waals surface area contributed by atoms with Crippen molar-refractivity contribution in [3.05, 3.63) is 0 Å². The number of halogens is 3. The average molecular weight is 241 g/mol. The fraction of sp³-hybridized carbons (Fsp3) is 0.889. The molecule has 96 valence electrons. The predicted octanol–water partition coefficient (Wildman–Crippen LogP) is 1.14. The molecule has 0 unspecified atom stereocenters. The minimum absolute atomic E-state index is 0.432. The van der Waals surface area contributed by atoms with E-state index in [1.807, 2.05) is 24.3 Å². The standard InChI is InChI=1S/C9H18F3N3O/c1-14(2)5-4-6-15(3)8(16)13-7-9(10,11)12/h4-7H2,1-3H3,(H,13,16). The van der Waals surface area contributed by atoms with Gasteiger partial charge in [0.1, 0.15) is 6.54 Å². The largest absolute Gasteiger partial charge is 0.405 e. The number of carbonyl (C=O) groups is 1. The topological polar surface area (TPSA) is 35.6 Å². The molecule has 7 heteroatoms. The molecule has 0 saturated carbocycles. The molecule has 0 aliphatic heterocycles. The Balaban J connectivity index is 3.74. The summed E-state index contributed by atoms with van der Waals surface area (Å²) in [4.78, 5) is 14.4. The van der Waals surface area contributed by atoms with Gasteiger partial charge in [0.25, 0.3) is 0 Å². The lowest BCUT2D eigenvalue weighted by Gasteiger charge is -2.19. The Hall–Kier alpha value is -0.980. The zero-order valence-electron chi connectivity index (χ0n) is 9.76. The van der Waals surface area contributed by atoms with E-state index in [-0.39, 0.29) is 0 Å². The van der Waals surface area contributed by atoms with E-state index in [1.165, 1.54) is 11.9 Å². The van der Waals surface area contributed by atoms with Crippen LogP contribution in [-0.2, 0) is 0 Å². The van der Waals surface area contributed by atoms with Gasteiger partial charge in [0, 0.05) is 13.6 Å². The number of hydrogen-bond acceptors (Lipinski definition) is 2. The lowest BCUT2D eigenvalue weighted by Crippen LogP contribution is -2.42. The van der Waals surface area contributed by atoms with Gasteiger partial charge in [0.05, 0.1) is 0 Å². The second-order valence-corrected chi connectivity index (χ2v) is 3.85. The summed E-state index contributed by atoms with van der Waals surface area (Å²) in [5.41, 5.74) is 0. The third kappa shape index (κ3) is 8.34. The first-order valence-corrected chi connectivity index (χ1v) is 4.93. The maximum absolute atomic E-state index is 11.8. The highest BCUT2D eigenvalue weighted by Crippen LogP contribution is 2.12. The molecule has 0 aromatic rings. The van der Waals surface area contributed by atoms with E-state index in [1.54, 1.807) is 0 Å². The number of amides is 2. The number of carbonyl (C=O) groups excluding carboxylic acids is 1. The molecule has 2 amide bonds. The van der Waals surface area contributed by atoms with Gasteiger partial charge in [-0.05, 0) is 27.1 Å². The van der Waals surface area contributed by atoms with Crippen molar-refractivity contribution in [3.8, 4) is 0 Å². The van der Waals surface area contributed by atoms with E-state index >= 15 is 0 Å². The van der Waals surface area contributed by atoms with Gasteiger partial charge in [-0.25, -0.2) is 4.79 Å². The van der Waals surface area contributed by atoms with Gasteiger partial charge >= 0.3 is 12.2 Å². The molecule has 0 aliphatic rings. The van der Waals surface area contributed by atoms with Crippen LogP contribution in [0.1, 0.15) is 6.42 Å². The number of nitrogens with zero attached hydrogens (tertiary/aromatic N) is 2. The summed E-state index contributed by atoms with van der Waals surface area (Å²) in [7, 11) is 5.26. The van der Waals surface area contributed by atoms with Crippen molar-refractivity contribution in [2.24, 2.45) is 0 Å². The Kier molecular flexibility index (Phi) is 6.17. The molecule has 0 radical (unpaired) electrons. The molecule has 0 rings (SSSR count). The van der Waals surface area contributed by atoms with E-state index < -0.39 is 18.8 Å². The quantitative estimate of drug-likeness (QED) is 0.783. The average Bonchev–Trinajstić information content (AvgIpc) is 2.12. The van der Waals surface area contributed by atoms with Gasteiger partial charge in [-0.15, -0.1) is 0 Å². The summed E-state index contributed by atoms with van der Waals surface area (Å²) < 4.78 is 35.4. The lowest BCUT2D eigenvalue weighted by molar-refractivity contribution is -0.123. The monoisotopic (exact) mass is 241 g/mol. The van der Waals surface area contributed by atoms with Crippen molar-refractivity contribution in [2.45, 2.75) is 12.6 Å². The van der Waals surface area contributed by atoms with Crippen molar-refractivity contribution >= 4 is 6.03 Å². The minimum atomic E-state index is -4.36. The van der Waals surface area contributed by atoms with Crippen molar-refractivity contribution in [2.75, 3.05) is 40.8 Å². The van der Waals surface area contributed by atoms with Gasteiger partial charge in [-0.1, -0.05) is 0 Å². The third-order valence-electron chi connectivity index (χ3n) is 1.89. The number of urea groups is 1. The second-order valence-electron chi connectivity index (χ2n) is 3.85. The molecular formula is C9H18F3N3O. The van der Waals surface area contributed by atoms with Gasteiger partial charge in [0.15, 0.2) is 0 Å². The van der Waals surface area contributed by atoms with Gasteiger partial charge < -0.3 is 15.1 Å². The number of nitrogens with one attached hydrogen (secondary N) is 1. The van der Waals surface area contributed by atoms with Crippen LogP contribution in [0.5, 0.6) is 0 Å². The molecule has 16 heavy (non-hydrogen) atoms. The van der Waals surface area contributed by atoms with Crippen LogP contribution in [0.15, 0.2) is 0 Å². The van der Waals surface area contributed by atoms with Crippen LogP contribution in [-0.4, -0.2) is 62.8 Å². The normalized spacial score (nSPS) is 11.7. The third-order valence-corrected chi connectivity index (χ3v) is 1.89. The summed E-state index contributed by atoms with van der Waals surface area (Å²) in [6.07, 6.45) is -3.64. The van der Waals surface area contributed by atoms with Crippen molar-refractivity contribution in [1.29, 1.82) is 0 Å². The minimum Gasteiger partial charge on any atom is -0.329 e. The first-order chi connectivity index (χ1) is 7.22. The Morgan fingerprint density at radius 2 is 1.75 bits per heavy atom. The molecule has 0 heterocycles. The number of hydrogen-bond donors (Lipinski definition) is 1. The fourth-order valence-electron chi connectivity index (χ4n) is 1.04. The molecule has 0 aromatic heterocycles. The van der Waals surface area contributed by atoms with E-state index in [9.17, 15) is 18.0 Å². The smallest absolute Gasteiger partial charge is 0.329 e. The van der Waals surface area contributed by atoms with Crippen molar-refractivity contribution < 1.29 is 18.0 Å². The highest BCUT2D eigenvalue weighted by Gasteiger charge is 2.28. The summed E-state index contributed by atoms with van der Waals surface area (Å²) in [5, 5.41) is 1.81. The molecule has 0 bridgehead atoms. The summed E-state index contributed by atoms with van der Waals surface area (Å²) in [6, 6.07) is -0.698. The van der Waals surface area contributed by atoms with E-state index in [0.29, 0.717) is 6.54 Å². The molecule has 0 atom stereocenters. The Morgan fingerprint density at radius 3 is 2.19 bits per heavy atom. The molecule has 4 nitrogen and oxygen atoms in total. The van der Waals surface area contributed by atoms with E-state index in [0.717, 1.165) is 13.0 Å². The predicted molar refractivity (Wildman–Crippen MR) is 55.3 cm³/mol. The number of alkyl halides is 3. The van der Waals surface area contributed by atoms with Crippen LogP contribution in [0.25, 0.3) is 0 Å². The second kappa shape index (κ2) is 6.57. The van der Waals surface area contributed by atoms with E-state index in [4.69, 9.17) is 0 Å². The van der Waals surface area contributed by atoms with Crippen LogP contribution in [0.2, 0.25) is 0 Å². The van der Waals surface area contributed by atoms with Crippen LogP contribution in [0, 0.1) is 0 Å². The number of rotatable bonds is 5. The fourth-order valence-corrected chi connectivity index (χ4v) is 1.04. The molecular weight excluding hydrogens is 223 g/mol. The summed E-state index contributed by atoms with van der Waals surface area (Å²) >= 11 is 0. The molecule has 0 spiro atoms. The van der Waals surface area contributed by atoms with Gasteiger partial charge in [-0.3, -0.25) is 0 Å². The molecule has 1 N–H and O–H groups in total. The SMILES string of the molecule is CN(C)CCCN(C)C(=O)NCC(F)(F)F. The molecule has 0 aliphatic carbocycles. The summed E-state index contributed by atoms with van der Waals surface area (Å²) in [6.45, 7) is -0.0669. The molecule has 0 fully saturated rings. The maximum Gasteiger partial charge on any atom is 0.405 e.